The summed E-state index contributed by atoms with van der Waals surface area (Å²) in [7, 11) is 1.98. The first-order valence-corrected chi connectivity index (χ1v) is 9.22. The Morgan fingerprint density at radius 1 is 1.30 bits per heavy atom. The molecule has 2 aromatic heterocycles. The number of imidazole rings is 1. The molecule has 1 N–H and O–H groups in total. The van der Waals surface area contributed by atoms with Gasteiger partial charge in [0.25, 0.3) is 0 Å². The molecule has 0 unspecified atom stereocenters. The van der Waals surface area contributed by atoms with E-state index in [-0.39, 0.29) is 11.9 Å². The number of fused-ring (bicyclic) bond motifs is 1. The van der Waals surface area contributed by atoms with Gasteiger partial charge in [-0.15, -0.1) is 0 Å². The van der Waals surface area contributed by atoms with Gasteiger partial charge in [0.15, 0.2) is 5.65 Å². The lowest BCUT2D eigenvalue weighted by Crippen LogP contribution is -2.33. The third-order valence-corrected chi connectivity index (χ3v) is 4.93. The van der Waals surface area contributed by atoms with Crippen LogP contribution in [0.1, 0.15) is 25.1 Å². The quantitative estimate of drug-likeness (QED) is 0.769. The molecule has 140 valence electrons. The molecule has 1 atom stereocenters. The molecule has 1 aromatic carbocycles. The van der Waals surface area contributed by atoms with Crippen LogP contribution in [0.2, 0.25) is 0 Å². The molecule has 4 rings (SSSR count). The van der Waals surface area contributed by atoms with Crippen molar-refractivity contribution in [3.05, 3.63) is 48.4 Å². The van der Waals surface area contributed by atoms with Gasteiger partial charge in [0.1, 0.15) is 17.1 Å². The number of para-hydroxylation sites is 2. The SMILES string of the molecule is CCOc1ccccc1NC(=O)N1CC[C@@H](c2nc3cccnc3n2C)C1. The highest BCUT2D eigenvalue weighted by atomic mass is 16.5. The second-order valence-electron chi connectivity index (χ2n) is 6.67. The normalized spacial score (nSPS) is 16.7. The summed E-state index contributed by atoms with van der Waals surface area (Å²) in [6.45, 7) is 3.82. The standard InChI is InChI=1S/C20H23N5O2/c1-3-27-17-9-5-4-7-15(17)23-20(26)25-12-10-14(13-25)18-22-16-8-6-11-21-19(16)24(18)2/h4-9,11,14H,3,10,12-13H2,1-2H3,(H,23,26)/t14-/m1/s1. The van der Waals surface area contributed by atoms with Crippen molar-refractivity contribution in [2.24, 2.45) is 7.05 Å². The lowest BCUT2D eigenvalue weighted by molar-refractivity contribution is 0.221. The molecule has 2 amide bonds. The maximum absolute atomic E-state index is 12.7. The van der Waals surface area contributed by atoms with Crippen molar-refractivity contribution in [3.8, 4) is 5.75 Å². The predicted octanol–water partition coefficient (Wildman–Crippen LogP) is 3.39. The Labute approximate surface area is 158 Å². The zero-order valence-electron chi connectivity index (χ0n) is 15.6. The fourth-order valence-corrected chi connectivity index (χ4v) is 3.61. The minimum absolute atomic E-state index is 0.110. The van der Waals surface area contributed by atoms with Crippen molar-refractivity contribution in [2.75, 3.05) is 25.0 Å². The number of hydrogen-bond donors (Lipinski definition) is 1. The lowest BCUT2D eigenvalue weighted by atomic mass is 10.1. The van der Waals surface area contributed by atoms with Crippen LogP contribution < -0.4 is 10.1 Å². The smallest absolute Gasteiger partial charge is 0.321 e. The molecule has 0 aliphatic carbocycles. The Balaban J connectivity index is 1.47. The molecular formula is C20H23N5O2. The van der Waals surface area contributed by atoms with Crippen LogP contribution in [0, 0.1) is 0 Å². The number of benzene rings is 1. The third kappa shape index (κ3) is 3.32. The number of ether oxygens (including phenoxy) is 1. The van der Waals surface area contributed by atoms with Crippen molar-refractivity contribution in [2.45, 2.75) is 19.3 Å². The molecule has 0 bridgehead atoms. The number of aryl methyl sites for hydroxylation is 1. The highest BCUT2D eigenvalue weighted by Gasteiger charge is 2.31. The second-order valence-corrected chi connectivity index (χ2v) is 6.67. The number of urea groups is 1. The van der Waals surface area contributed by atoms with Crippen LogP contribution >= 0.6 is 0 Å². The largest absolute Gasteiger partial charge is 0.492 e. The van der Waals surface area contributed by atoms with Gasteiger partial charge in [-0.1, -0.05) is 12.1 Å². The highest BCUT2D eigenvalue weighted by Crippen LogP contribution is 2.30. The van der Waals surface area contributed by atoms with Crippen LogP contribution in [0.15, 0.2) is 42.6 Å². The first kappa shape index (κ1) is 17.3. The van der Waals surface area contributed by atoms with Crippen molar-refractivity contribution < 1.29 is 9.53 Å². The van der Waals surface area contributed by atoms with E-state index < -0.39 is 0 Å². The number of amides is 2. The average molecular weight is 365 g/mol. The number of carbonyl (C=O) groups excluding carboxylic acids is 1. The Morgan fingerprint density at radius 3 is 2.96 bits per heavy atom. The Morgan fingerprint density at radius 2 is 2.15 bits per heavy atom. The lowest BCUT2D eigenvalue weighted by Gasteiger charge is -2.19. The van der Waals surface area contributed by atoms with Gasteiger partial charge in [-0.25, -0.2) is 14.8 Å². The zero-order chi connectivity index (χ0) is 18.8. The maximum atomic E-state index is 12.7. The molecule has 3 heterocycles. The third-order valence-electron chi connectivity index (χ3n) is 4.93. The number of pyridine rings is 1. The van der Waals surface area contributed by atoms with Crippen molar-refractivity contribution in [3.63, 3.8) is 0 Å². The molecule has 7 heteroatoms. The van der Waals surface area contributed by atoms with Gasteiger partial charge < -0.3 is 19.5 Å². The molecule has 3 aromatic rings. The molecule has 0 saturated carbocycles. The van der Waals surface area contributed by atoms with Gasteiger partial charge in [-0.05, 0) is 37.6 Å². The first-order chi connectivity index (χ1) is 13.2. The maximum Gasteiger partial charge on any atom is 0.321 e. The number of rotatable bonds is 4. The van der Waals surface area contributed by atoms with Crippen molar-refractivity contribution in [1.29, 1.82) is 0 Å². The fraction of sp³-hybridized carbons (Fsp3) is 0.350. The van der Waals surface area contributed by atoms with E-state index in [0.29, 0.717) is 31.1 Å². The number of nitrogens with zero attached hydrogens (tertiary/aromatic N) is 4. The molecule has 7 nitrogen and oxygen atoms in total. The van der Waals surface area contributed by atoms with Gasteiger partial charge in [-0.2, -0.15) is 0 Å². The topological polar surface area (TPSA) is 72.3 Å². The molecule has 0 radical (unpaired) electrons. The van der Waals surface area contributed by atoms with Gasteiger partial charge in [0.05, 0.1) is 12.3 Å². The van der Waals surface area contributed by atoms with E-state index in [0.717, 1.165) is 23.4 Å². The number of anilines is 1. The highest BCUT2D eigenvalue weighted by molar-refractivity contribution is 5.91. The monoisotopic (exact) mass is 365 g/mol. The molecule has 27 heavy (non-hydrogen) atoms. The van der Waals surface area contributed by atoms with E-state index in [1.165, 1.54) is 0 Å². The minimum Gasteiger partial charge on any atom is -0.492 e. The summed E-state index contributed by atoms with van der Waals surface area (Å²) < 4.78 is 7.62. The molecule has 0 spiro atoms. The molecule has 1 aliphatic heterocycles. The summed E-state index contributed by atoms with van der Waals surface area (Å²) in [5.41, 5.74) is 2.46. The van der Waals surface area contributed by atoms with Gasteiger partial charge in [0, 0.05) is 32.3 Å². The summed E-state index contributed by atoms with van der Waals surface area (Å²) in [4.78, 5) is 23.7. The van der Waals surface area contributed by atoms with Crippen LogP contribution in [0.4, 0.5) is 10.5 Å². The average Bonchev–Trinajstić information content (AvgIpc) is 3.29. The Kier molecular flexibility index (Phi) is 4.66. The van der Waals surface area contributed by atoms with E-state index in [2.05, 4.69) is 10.3 Å². The number of likely N-dealkylation sites (tertiary alicyclic amines) is 1. The van der Waals surface area contributed by atoms with Gasteiger partial charge >= 0.3 is 6.03 Å². The summed E-state index contributed by atoms with van der Waals surface area (Å²) in [5.74, 6) is 1.87. The Bertz CT molecular complexity index is 968. The fourth-order valence-electron chi connectivity index (χ4n) is 3.61. The van der Waals surface area contributed by atoms with E-state index in [1.807, 2.05) is 59.8 Å². The molecule has 1 fully saturated rings. The first-order valence-electron chi connectivity index (χ1n) is 9.22. The predicted molar refractivity (Wildman–Crippen MR) is 104 cm³/mol. The molecular weight excluding hydrogens is 342 g/mol. The molecule has 1 saturated heterocycles. The van der Waals surface area contributed by atoms with Gasteiger partial charge in [-0.3, -0.25) is 0 Å². The van der Waals surface area contributed by atoms with Crippen molar-refractivity contribution in [1.82, 2.24) is 19.4 Å². The summed E-state index contributed by atoms with van der Waals surface area (Å²) in [6.07, 6.45) is 2.66. The Hall–Kier alpha value is -3.09. The van der Waals surface area contributed by atoms with Crippen LogP contribution in [-0.2, 0) is 7.05 Å². The van der Waals surface area contributed by atoms with E-state index in [4.69, 9.17) is 9.72 Å². The van der Waals surface area contributed by atoms with E-state index in [9.17, 15) is 4.79 Å². The number of carbonyl (C=O) groups is 1. The number of aromatic nitrogens is 3. The van der Waals surface area contributed by atoms with Crippen LogP contribution in [-0.4, -0.2) is 45.2 Å². The van der Waals surface area contributed by atoms with Crippen LogP contribution in [0.25, 0.3) is 11.2 Å². The van der Waals surface area contributed by atoms with Crippen LogP contribution in [0.5, 0.6) is 5.75 Å². The number of hydrogen-bond acceptors (Lipinski definition) is 4. The minimum atomic E-state index is -0.110. The summed E-state index contributed by atoms with van der Waals surface area (Å²) in [5, 5.41) is 2.97. The summed E-state index contributed by atoms with van der Waals surface area (Å²) in [6, 6.07) is 11.2. The molecule has 1 aliphatic rings. The van der Waals surface area contributed by atoms with E-state index in [1.54, 1.807) is 6.20 Å². The van der Waals surface area contributed by atoms with Crippen molar-refractivity contribution >= 4 is 22.9 Å². The second kappa shape index (κ2) is 7.26. The van der Waals surface area contributed by atoms with Crippen LogP contribution in [0.3, 0.4) is 0 Å². The zero-order valence-corrected chi connectivity index (χ0v) is 15.6. The van der Waals surface area contributed by atoms with E-state index >= 15 is 0 Å². The summed E-state index contributed by atoms with van der Waals surface area (Å²) >= 11 is 0. The number of nitrogens with one attached hydrogen (secondary N) is 1. The van der Waals surface area contributed by atoms with Gasteiger partial charge in [0.2, 0.25) is 0 Å².